The zero-order valence-electron chi connectivity index (χ0n) is 22.1. The topological polar surface area (TPSA) is 58.6 Å². The zero-order chi connectivity index (χ0) is 25.2. The number of unbranched alkanes of at least 4 members (excludes halogenated alkanes) is 1. The maximum Gasteiger partial charge on any atom is 0.220 e. The van der Waals surface area contributed by atoms with E-state index in [4.69, 9.17) is 4.74 Å². The van der Waals surface area contributed by atoms with Crippen molar-refractivity contribution in [2.75, 3.05) is 13.2 Å². The van der Waals surface area contributed by atoms with E-state index >= 15 is 0 Å². The number of hydrogen-bond acceptors (Lipinski definition) is 3. The minimum Gasteiger partial charge on any atom is -0.396 e. The van der Waals surface area contributed by atoms with Crippen LogP contribution in [-0.2, 0) is 22.4 Å². The summed E-state index contributed by atoms with van der Waals surface area (Å²) in [7, 11) is 0. The molecule has 4 heteroatoms. The SMILES string of the molecule is C.CC.CC1(OCC(Cc2ccccc2)NC(=O)CCc2ccccc2)CCC1CO.CCCC. The van der Waals surface area contributed by atoms with Gasteiger partial charge in [-0.25, -0.2) is 0 Å². The number of ether oxygens (including phenoxy) is 1. The summed E-state index contributed by atoms with van der Waals surface area (Å²) in [6, 6.07) is 20.2. The Morgan fingerprint density at radius 2 is 1.57 bits per heavy atom. The van der Waals surface area contributed by atoms with Crippen LogP contribution >= 0.6 is 0 Å². The summed E-state index contributed by atoms with van der Waals surface area (Å²) in [4.78, 5) is 12.5. The lowest BCUT2D eigenvalue weighted by molar-refractivity contribution is -0.152. The number of rotatable bonds is 11. The van der Waals surface area contributed by atoms with Gasteiger partial charge in [-0.3, -0.25) is 4.79 Å². The third-order valence-electron chi connectivity index (χ3n) is 6.36. The van der Waals surface area contributed by atoms with Crippen LogP contribution in [0.25, 0.3) is 0 Å². The molecule has 1 saturated carbocycles. The van der Waals surface area contributed by atoms with Gasteiger partial charge in [0.1, 0.15) is 0 Å². The normalized spacial score (nSPS) is 18.9. The van der Waals surface area contributed by atoms with Gasteiger partial charge in [0.25, 0.3) is 0 Å². The van der Waals surface area contributed by atoms with E-state index in [9.17, 15) is 9.90 Å². The number of aliphatic hydroxyl groups is 1. The lowest BCUT2D eigenvalue weighted by Gasteiger charge is -2.46. The maximum absolute atomic E-state index is 12.5. The number of amides is 1. The highest BCUT2D eigenvalue weighted by Crippen LogP contribution is 2.41. The lowest BCUT2D eigenvalue weighted by Crippen LogP contribution is -2.51. The third kappa shape index (κ3) is 12.4. The number of benzene rings is 2. The second-order valence-electron chi connectivity index (χ2n) is 8.98. The van der Waals surface area contributed by atoms with E-state index in [0.717, 1.165) is 25.7 Å². The summed E-state index contributed by atoms with van der Waals surface area (Å²) in [6.07, 6.45) is 6.53. The van der Waals surface area contributed by atoms with E-state index in [0.29, 0.717) is 13.0 Å². The van der Waals surface area contributed by atoms with E-state index in [2.05, 4.69) is 38.2 Å². The van der Waals surface area contributed by atoms with E-state index in [1.54, 1.807) is 0 Å². The van der Waals surface area contributed by atoms with Crippen LogP contribution in [0.15, 0.2) is 60.7 Å². The first-order valence-corrected chi connectivity index (χ1v) is 13.1. The van der Waals surface area contributed by atoms with Crippen molar-refractivity contribution in [1.82, 2.24) is 5.32 Å². The second-order valence-corrected chi connectivity index (χ2v) is 8.98. The van der Waals surface area contributed by atoms with Gasteiger partial charge in [0.05, 0.1) is 18.2 Å². The summed E-state index contributed by atoms with van der Waals surface area (Å²) in [5, 5.41) is 12.7. The van der Waals surface area contributed by atoms with Crippen molar-refractivity contribution in [2.45, 2.75) is 98.6 Å². The molecule has 0 saturated heterocycles. The summed E-state index contributed by atoms with van der Waals surface area (Å²) in [5.74, 6) is 0.240. The van der Waals surface area contributed by atoms with Crippen LogP contribution < -0.4 is 5.32 Å². The molecule has 3 unspecified atom stereocenters. The number of carbonyl (C=O) groups is 1. The van der Waals surface area contributed by atoms with E-state index in [1.807, 2.05) is 62.4 Å². The first-order chi connectivity index (χ1) is 16.5. The molecule has 4 nitrogen and oxygen atoms in total. The van der Waals surface area contributed by atoms with Gasteiger partial charge in [-0.05, 0) is 43.7 Å². The minimum absolute atomic E-state index is 0. The highest BCUT2D eigenvalue weighted by molar-refractivity contribution is 5.76. The van der Waals surface area contributed by atoms with Crippen molar-refractivity contribution in [3.8, 4) is 0 Å². The van der Waals surface area contributed by atoms with E-state index in [1.165, 1.54) is 24.0 Å². The zero-order valence-corrected chi connectivity index (χ0v) is 22.1. The summed E-state index contributed by atoms with van der Waals surface area (Å²) in [5.41, 5.74) is 2.07. The molecule has 0 heterocycles. The van der Waals surface area contributed by atoms with Crippen LogP contribution in [0, 0.1) is 5.92 Å². The fourth-order valence-electron chi connectivity index (χ4n) is 3.77. The number of aryl methyl sites for hydroxylation is 1. The molecule has 0 bridgehead atoms. The molecule has 35 heavy (non-hydrogen) atoms. The Bertz CT molecular complexity index is 761. The minimum atomic E-state index is -0.279. The van der Waals surface area contributed by atoms with Gasteiger partial charge in [0.2, 0.25) is 5.91 Å². The van der Waals surface area contributed by atoms with E-state index in [-0.39, 0.29) is 37.5 Å². The molecule has 2 aromatic carbocycles. The largest absolute Gasteiger partial charge is 0.396 e. The predicted molar refractivity (Wildman–Crippen MR) is 150 cm³/mol. The Morgan fingerprint density at radius 3 is 2.03 bits per heavy atom. The van der Waals surface area contributed by atoms with Crippen LogP contribution in [0.2, 0.25) is 0 Å². The Balaban J connectivity index is 0.00000150. The molecular weight excluding hydrogens is 434 g/mol. The molecule has 2 aromatic rings. The fourth-order valence-corrected chi connectivity index (χ4v) is 3.77. The fraction of sp³-hybridized carbons (Fsp3) is 0.581. The van der Waals surface area contributed by atoms with Crippen LogP contribution in [0.4, 0.5) is 0 Å². The van der Waals surface area contributed by atoms with Crippen molar-refractivity contribution >= 4 is 5.91 Å². The quantitative estimate of drug-likeness (QED) is 0.360. The molecule has 0 spiro atoms. The first-order valence-electron chi connectivity index (χ1n) is 13.1. The molecule has 198 valence electrons. The lowest BCUT2D eigenvalue weighted by atomic mass is 9.71. The van der Waals surface area contributed by atoms with Crippen LogP contribution in [0.5, 0.6) is 0 Å². The smallest absolute Gasteiger partial charge is 0.220 e. The van der Waals surface area contributed by atoms with Crippen molar-refractivity contribution in [2.24, 2.45) is 5.92 Å². The summed E-state index contributed by atoms with van der Waals surface area (Å²) < 4.78 is 6.19. The van der Waals surface area contributed by atoms with Crippen molar-refractivity contribution in [3.05, 3.63) is 71.8 Å². The summed E-state index contributed by atoms with van der Waals surface area (Å²) in [6.45, 7) is 11.0. The molecule has 3 atom stereocenters. The number of carbonyl (C=O) groups excluding carboxylic acids is 1. The third-order valence-corrected chi connectivity index (χ3v) is 6.36. The molecule has 0 radical (unpaired) electrons. The Morgan fingerprint density at radius 1 is 1.03 bits per heavy atom. The van der Waals surface area contributed by atoms with Crippen molar-refractivity contribution in [1.29, 1.82) is 0 Å². The maximum atomic E-state index is 12.5. The van der Waals surface area contributed by atoms with Crippen molar-refractivity contribution < 1.29 is 14.6 Å². The molecule has 0 aliphatic heterocycles. The Labute approximate surface area is 215 Å². The molecule has 1 aliphatic rings. The van der Waals surface area contributed by atoms with Crippen LogP contribution in [0.1, 0.15) is 85.3 Å². The molecule has 3 rings (SSSR count). The van der Waals surface area contributed by atoms with Crippen molar-refractivity contribution in [3.63, 3.8) is 0 Å². The van der Waals surface area contributed by atoms with E-state index < -0.39 is 0 Å². The number of nitrogens with one attached hydrogen (secondary N) is 1. The van der Waals surface area contributed by atoms with Gasteiger partial charge in [-0.1, -0.05) is 109 Å². The summed E-state index contributed by atoms with van der Waals surface area (Å²) >= 11 is 0. The van der Waals surface area contributed by atoms with Gasteiger partial charge in [0.15, 0.2) is 0 Å². The Kier molecular flexibility index (Phi) is 17.9. The highest BCUT2D eigenvalue weighted by Gasteiger charge is 2.43. The molecule has 1 aliphatic carbocycles. The molecule has 1 amide bonds. The average molecular weight is 486 g/mol. The van der Waals surface area contributed by atoms with Gasteiger partial charge < -0.3 is 15.2 Å². The average Bonchev–Trinajstić information content (AvgIpc) is 2.88. The molecular formula is C31H51NO3. The van der Waals surface area contributed by atoms with Crippen LogP contribution in [0.3, 0.4) is 0 Å². The van der Waals surface area contributed by atoms with Gasteiger partial charge in [0, 0.05) is 18.9 Å². The first kappa shape index (κ1) is 32.8. The molecule has 0 aromatic heterocycles. The number of hydrogen-bond donors (Lipinski definition) is 2. The second kappa shape index (κ2) is 19.1. The van der Waals surface area contributed by atoms with Gasteiger partial charge in [-0.2, -0.15) is 0 Å². The molecule has 1 fully saturated rings. The number of aliphatic hydroxyl groups excluding tert-OH is 1. The Hall–Kier alpha value is -2.17. The standard InChI is InChI=1S/C24H31NO3.C4H10.C2H6.CH4/c1-24(15-14-21(24)17-26)28-18-22(16-20-10-6-3-7-11-20)25-23(27)13-12-19-8-4-2-5-9-19;1-3-4-2;1-2;/h2-11,21-22,26H,12-18H2,1H3,(H,25,27);3-4H2,1-2H3;1-2H3;1H4. The monoisotopic (exact) mass is 485 g/mol. The highest BCUT2D eigenvalue weighted by atomic mass is 16.5. The van der Waals surface area contributed by atoms with Gasteiger partial charge in [-0.15, -0.1) is 0 Å². The van der Waals surface area contributed by atoms with Gasteiger partial charge >= 0.3 is 0 Å². The predicted octanol–water partition coefficient (Wildman–Crippen LogP) is 6.99. The van der Waals surface area contributed by atoms with Crippen LogP contribution in [-0.4, -0.2) is 35.9 Å². The molecule has 2 N–H and O–H groups in total.